The molecule has 1 aromatic carbocycles. The first-order valence-corrected chi connectivity index (χ1v) is 11.4. The number of thioether (sulfide) groups is 1. The van der Waals surface area contributed by atoms with E-state index in [0.717, 1.165) is 24.4 Å². The van der Waals surface area contributed by atoms with E-state index in [4.69, 9.17) is 0 Å². The van der Waals surface area contributed by atoms with E-state index in [1.54, 1.807) is 28.3 Å². The third kappa shape index (κ3) is 3.01. The SMILES string of the molecule is CSc1nnnn1-c1cccc(NC(=O)c2sc3nc4n(c(=O)c3c2C)CCC4)c1. The lowest BCUT2D eigenvalue weighted by Crippen LogP contribution is -2.20. The summed E-state index contributed by atoms with van der Waals surface area (Å²) in [6.07, 6.45) is 3.62. The van der Waals surface area contributed by atoms with Gasteiger partial charge in [-0.3, -0.25) is 14.2 Å². The number of nitrogens with zero attached hydrogens (tertiary/aromatic N) is 6. The standard InChI is InChI=1S/C19H17N7O2S2/c1-10-14-17(21-13-7-4-8-25(13)18(14)28)30-15(10)16(27)20-11-5-3-6-12(9-11)26-19(29-2)22-23-24-26/h3,5-6,9H,4,7-8H2,1-2H3,(H,20,27). The molecule has 0 unspecified atom stereocenters. The van der Waals surface area contributed by atoms with Crippen molar-refractivity contribution in [2.75, 3.05) is 11.6 Å². The van der Waals surface area contributed by atoms with E-state index in [9.17, 15) is 9.59 Å². The first-order valence-electron chi connectivity index (χ1n) is 9.34. The minimum Gasteiger partial charge on any atom is -0.321 e. The van der Waals surface area contributed by atoms with Crippen LogP contribution >= 0.6 is 23.1 Å². The highest BCUT2D eigenvalue weighted by atomic mass is 32.2. The molecule has 0 fully saturated rings. The summed E-state index contributed by atoms with van der Waals surface area (Å²) in [5.74, 6) is 0.540. The molecule has 152 valence electrons. The summed E-state index contributed by atoms with van der Waals surface area (Å²) in [6.45, 7) is 2.50. The number of carbonyl (C=O) groups excluding carboxylic acids is 1. The molecule has 0 spiro atoms. The van der Waals surface area contributed by atoms with Crippen molar-refractivity contribution in [2.24, 2.45) is 0 Å². The number of fused-ring (bicyclic) bond motifs is 2. The Morgan fingerprint density at radius 3 is 3.03 bits per heavy atom. The lowest BCUT2D eigenvalue weighted by molar-refractivity contribution is 0.103. The number of hydrogen-bond donors (Lipinski definition) is 1. The number of nitrogens with one attached hydrogen (secondary N) is 1. The molecular formula is C19H17N7O2S2. The molecule has 0 saturated carbocycles. The largest absolute Gasteiger partial charge is 0.321 e. The predicted molar refractivity (Wildman–Crippen MR) is 116 cm³/mol. The van der Waals surface area contributed by atoms with Gasteiger partial charge in [0.05, 0.1) is 16.0 Å². The summed E-state index contributed by atoms with van der Waals surface area (Å²) in [5, 5.41) is 15.8. The van der Waals surface area contributed by atoms with Crippen LogP contribution in [-0.2, 0) is 13.0 Å². The summed E-state index contributed by atoms with van der Waals surface area (Å²) in [4.78, 5) is 31.6. The number of amides is 1. The molecule has 4 heterocycles. The zero-order chi connectivity index (χ0) is 20.8. The molecule has 4 aromatic rings. The maximum atomic E-state index is 13.0. The first-order chi connectivity index (χ1) is 14.6. The van der Waals surface area contributed by atoms with Gasteiger partial charge < -0.3 is 5.32 Å². The number of aromatic nitrogens is 6. The third-order valence-electron chi connectivity index (χ3n) is 5.09. The van der Waals surface area contributed by atoms with E-state index in [1.165, 1.54) is 23.1 Å². The van der Waals surface area contributed by atoms with Crippen LogP contribution in [-0.4, -0.2) is 41.9 Å². The molecular weight excluding hydrogens is 422 g/mol. The molecule has 0 aliphatic carbocycles. The second-order valence-electron chi connectivity index (χ2n) is 6.91. The van der Waals surface area contributed by atoms with Crippen LogP contribution in [0.15, 0.2) is 34.2 Å². The van der Waals surface area contributed by atoms with Gasteiger partial charge in [0.1, 0.15) is 10.7 Å². The van der Waals surface area contributed by atoms with E-state index in [1.807, 2.05) is 18.4 Å². The fraction of sp³-hybridized carbons (Fsp3) is 0.263. The second kappa shape index (κ2) is 7.33. The lowest BCUT2D eigenvalue weighted by atomic mass is 10.2. The summed E-state index contributed by atoms with van der Waals surface area (Å²) >= 11 is 2.69. The van der Waals surface area contributed by atoms with Gasteiger partial charge in [0.25, 0.3) is 11.5 Å². The average molecular weight is 440 g/mol. The van der Waals surface area contributed by atoms with Crippen molar-refractivity contribution in [3.8, 4) is 5.69 Å². The zero-order valence-electron chi connectivity index (χ0n) is 16.2. The molecule has 0 saturated heterocycles. The highest BCUT2D eigenvalue weighted by Gasteiger charge is 2.23. The number of tetrazole rings is 1. The van der Waals surface area contributed by atoms with Crippen LogP contribution in [0.2, 0.25) is 0 Å². The van der Waals surface area contributed by atoms with Gasteiger partial charge in [0.2, 0.25) is 5.16 Å². The van der Waals surface area contributed by atoms with E-state index in [2.05, 4.69) is 25.8 Å². The Balaban J connectivity index is 1.49. The van der Waals surface area contributed by atoms with Crippen molar-refractivity contribution in [3.05, 3.63) is 50.9 Å². The summed E-state index contributed by atoms with van der Waals surface area (Å²) in [6, 6.07) is 7.29. The average Bonchev–Trinajstić information content (AvgIpc) is 3.47. The fourth-order valence-electron chi connectivity index (χ4n) is 3.66. The number of carbonyl (C=O) groups is 1. The van der Waals surface area contributed by atoms with E-state index >= 15 is 0 Å². The Morgan fingerprint density at radius 2 is 2.20 bits per heavy atom. The summed E-state index contributed by atoms with van der Waals surface area (Å²) in [5.41, 5.74) is 1.98. The molecule has 9 nitrogen and oxygen atoms in total. The number of anilines is 1. The Morgan fingerprint density at radius 1 is 1.33 bits per heavy atom. The van der Waals surface area contributed by atoms with Gasteiger partial charge in [0, 0.05) is 18.7 Å². The van der Waals surface area contributed by atoms with Crippen LogP contribution in [0.25, 0.3) is 15.9 Å². The van der Waals surface area contributed by atoms with Crippen LogP contribution < -0.4 is 10.9 Å². The first kappa shape index (κ1) is 18.9. The van der Waals surface area contributed by atoms with Crippen molar-refractivity contribution >= 4 is 44.9 Å². The molecule has 0 bridgehead atoms. The number of thiophene rings is 1. The molecule has 0 atom stereocenters. The predicted octanol–water partition coefficient (Wildman–Crippen LogP) is 2.66. The molecule has 30 heavy (non-hydrogen) atoms. The maximum absolute atomic E-state index is 13.0. The molecule has 1 amide bonds. The van der Waals surface area contributed by atoms with Crippen LogP contribution in [0.1, 0.15) is 27.5 Å². The smallest absolute Gasteiger partial charge is 0.266 e. The van der Waals surface area contributed by atoms with Gasteiger partial charge in [-0.15, -0.1) is 16.4 Å². The normalized spacial score (nSPS) is 13.0. The quantitative estimate of drug-likeness (QED) is 0.487. The van der Waals surface area contributed by atoms with Gasteiger partial charge in [-0.2, -0.15) is 4.68 Å². The van der Waals surface area contributed by atoms with Crippen molar-refractivity contribution in [2.45, 2.75) is 31.5 Å². The summed E-state index contributed by atoms with van der Waals surface area (Å²) < 4.78 is 3.33. The van der Waals surface area contributed by atoms with Gasteiger partial charge in [-0.25, -0.2) is 4.98 Å². The third-order valence-corrected chi connectivity index (χ3v) is 6.89. The van der Waals surface area contributed by atoms with Gasteiger partial charge in [-0.1, -0.05) is 17.8 Å². The topological polar surface area (TPSA) is 108 Å². The number of hydrogen-bond acceptors (Lipinski definition) is 8. The van der Waals surface area contributed by atoms with E-state index < -0.39 is 0 Å². The molecule has 3 aromatic heterocycles. The van der Waals surface area contributed by atoms with Crippen LogP contribution in [0, 0.1) is 6.92 Å². The van der Waals surface area contributed by atoms with E-state index in [-0.39, 0.29) is 11.5 Å². The highest BCUT2D eigenvalue weighted by Crippen LogP contribution is 2.29. The lowest BCUT2D eigenvalue weighted by Gasteiger charge is -2.07. The highest BCUT2D eigenvalue weighted by molar-refractivity contribution is 7.98. The van der Waals surface area contributed by atoms with Crippen molar-refractivity contribution in [1.29, 1.82) is 0 Å². The number of aryl methyl sites for hydroxylation is 2. The minimum absolute atomic E-state index is 0.0504. The molecule has 1 aliphatic heterocycles. The van der Waals surface area contributed by atoms with E-state index in [0.29, 0.717) is 38.0 Å². The number of rotatable bonds is 4. The monoisotopic (exact) mass is 439 g/mol. The van der Waals surface area contributed by atoms with Gasteiger partial charge in [-0.05, 0) is 53.8 Å². The van der Waals surface area contributed by atoms with Crippen LogP contribution in [0.5, 0.6) is 0 Å². The second-order valence-corrected chi connectivity index (χ2v) is 8.68. The Labute approximate surface area is 179 Å². The van der Waals surface area contributed by atoms with Gasteiger partial charge in [0.15, 0.2) is 0 Å². The molecule has 1 aliphatic rings. The Bertz CT molecular complexity index is 1350. The molecule has 11 heteroatoms. The molecule has 5 rings (SSSR count). The molecule has 0 radical (unpaired) electrons. The van der Waals surface area contributed by atoms with Gasteiger partial charge >= 0.3 is 0 Å². The van der Waals surface area contributed by atoms with Crippen LogP contribution in [0.4, 0.5) is 5.69 Å². The Kier molecular flexibility index (Phi) is 4.63. The van der Waals surface area contributed by atoms with Crippen LogP contribution in [0.3, 0.4) is 0 Å². The fourth-order valence-corrected chi connectivity index (χ4v) is 5.18. The van der Waals surface area contributed by atoms with Crippen molar-refractivity contribution in [1.82, 2.24) is 29.8 Å². The molecule has 1 N–H and O–H groups in total. The minimum atomic E-state index is -0.265. The Hall–Kier alpha value is -3.05. The van der Waals surface area contributed by atoms with Crippen molar-refractivity contribution < 1.29 is 4.79 Å². The zero-order valence-corrected chi connectivity index (χ0v) is 17.9. The van der Waals surface area contributed by atoms with Crippen molar-refractivity contribution in [3.63, 3.8) is 0 Å². The number of benzene rings is 1. The maximum Gasteiger partial charge on any atom is 0.266 e. The summed E-state index contributed by atoms with van der Waals surface area (Å²) in [7, 11) is 0.